The molecule has 3 N–H and O–H groups in total. The van der Waals surface area contributed by atoms with Crippen molar-refractivity contribution < 1.29 is 9.59 Å². The summed E-state index contributed by atoms with van der Waals surface area (Å²) in [6.07, 6.45) is 3.28. The Hall–Kier alpha value is -3.03. The van der Waals surface area contributed by atoms with Crippen molar-refractivity contribution >= 4 is 57.3 Å². The number of carbonyl (C=O) groups is 2. The average molecular weight is 396 g/mol. The molecule has 136 valence electrons. The first-order valence-corrected chi connectivity index (χ1v) is 9.48. The Bertz CT molecular complexity index is 992. The summed E-state index contributed by atoms with van der Waals surface area (Å²) in [6.45, 7) is 0. The summed E-state index contributed by atoms with van der Waals surface area (Å²) in [5.41, 5.74) is 5.97. The van der Waals surface area contributed by atoms with Gasteiger partial charge in [-0.05, 0) is 46.1 Å². The minimum atomic E-state index is -0.371. The number of thiocarbonyl (C=S) groups is 1. The van der Waals surface area contributed by atoms with Crippen molar-refractivity contribution in [2.45, 2.75) is 6.42 Å². The van der Waals surface area contributed by atoms with Crippen LogP contribution in [-0.4, -0.2) is 16.9 Å². The first-order valence-electron chi connectivity index (χ1n) is 8.20. The Morgan fingerprint density at radius 3 is 2.63 bits per heavy atom. The highest BCUT2D eigenvalue weighted by Gasteiger charge is 2.08. The zero-order valence-electron chi connectivity index (χ0n) is 14.3. The molecule has 0 aliphatic rings. The molecule has 0 aliphatic carbocycles. The van der Waals surface area contributed by atoms with E-state index in [-0.39, 0.29) is 23.3 Å². The summed E-state index contributed by atoms with van der Waals surface area (Å²) in [5, 5.41) is 6.54. The molecule has 0 aliphatic heterocycles. The van der Waals surface area contributed by atoms with Gasteiger partial charge in [0.15, 0.2) is 5.11 Å². The van der Waals surface area contributed by atoms with E-state index < -0.39 is 0 Å². The molecule has 0 atom stereocenters. The normalized spacial score (nSPS) is 10.7. The quantitative estimate of drug-likeness (QED) is 0.361. The third kappa shape index (κ3) is 5.47. The third-order valence-corrected chi connectivity index (χ3v) is 4.77. The molecule has 3 aromatic rings. The molecule has 0 unspecified atom stereocenters. The van der Waals surface area contributed by atoms with Crippen molar-refractivity contribution in [3.63, 3.8) is 0 Å². The Labute approximate surface area is 166 Å². The van der Waals surface area contributed by atoms with Crippen LogP contribution in [0.4, 0.5) is 0 Å². The molecular weight excluding hydrogens is 378 g/mol. The number of thiophene rings is 1. The van der Waals surface area contributed by atoms with Gasteiger partial charge in [-0.1, -0.05) is 48.5 Å². The number of rotatable bonds is 4. The minimum Gasteiger partial charge on any atom is -0.298 e. The van der Waals surface area contributed by atoms with E-state index in [1.54, 1.807) is 6.08 Å². The number of carbonyl (C=O) groups excluding carboxylic acids is 2. The zero-order chi connectivity index (χ0) is 19.1. The molecule has 1 heterocycles. The van der Waals surface area contributed by atoms with Crippen LogP contribution < -0.4 is 16.2 Å². The number of hydrogen-bond donors (Lipinski definition) is 3. The Morgan fingerprint density at radius 1 is 1.00 bits per heavy atom. The molecular formula is C20H17N3O2S2. The fourth-order valence-corrected chi connectivity index (χ4v) is 3.29. The van der Waals surface area contributed by atoms with Gasteiger partial charge in [-0.25, -0.2) is 0 Å². The van der Waals surface area contributed by atoms with Gasteiger partial charge >= 0.3 is 0 Å². The predicted molar refractivity (Wildman–Crippen MR) is 113 cm³/mol. The molecule has 0 radical (unpaired) electrons. The highest BCUT2D eigenvalue weighted by Crippen LogP contribution is 2.18. The molecule has 0 spiro atoms. The maximum atomic E-state index is 12.2. The van der Waals surface area contributed by atoms with Crippen molar-refractivity contribution in [1.82, 2.24) is 16.2 Å². The van der Waals surface area contributed by atoms with Gasteiger partial charge in [-0.15, -0.1) is 11.3 Å². The molecule has 0 saturated carbocycles. The summed E-state index contributed by atoms with van der Waals surface area (Å²) in [4.78, 5) is 24.9. The Balaban J connectivity index is 1.48. The van der Waals surface area contributed by atoms with E-state index >= 15 is 0 Å². The zero-order valence-corrected chi connectivity index (χ0v) is 15.9. The van der Waals surface area contributed by atoms with Crippen LogP contribution in [0.1, 0.15) is 10.4 Å². The van der Waals surface area contributed by atoms with Crippen molar-refractivity contribution in [3.8, 4) is 0 Å². The standard InChI is InChI=1S/C20H17N3O2S2/c24-18(11-10-16-8-4-12-27-16)21-20(26)23-22-19(25)13-15-7-3-6-14-5-1-2-9-17(14)15/h1-12H,13H2,(H,22,25)(H2,21,23,24,26). The molecule has 0 fully saturated rings. The highest BCUT2D eigenvalue weighted by atomic mass is 32.1. The van der Waals surface area contributed by atoms with E-state index in [4.69, 9.17) is 12.2 Å². The summed E-state index contributed by atoms with van der Waals surface area (Å²) < 4.78 is 0. The van der Waals surface area contributed by atoms with Crippen LogP contribution >= 0.6 is 23.6 Å². The van der Waals surface area contributed by atoms with Crippen molar-refractivity contribution in [2.24, 2.45) is 0 Å². The molecule has 27 heavy (non-hydrogen) atoms. The minimum absolute atomic E-state index is 0.0297. The Morgan fingerprint density at radius 2 is 1.81 bits per heavy atom. The van der Waals surface area contributed by atoms with E-state index in [0.717, 1.165) is 21.2 Å². The number of benzene rings is 2. The Kier molecular flexibility index (Phi) is 6.30. The molecule has 2 amide bonds. The lowest BCUT2D eigenvalue weighted by atomic mass is 10.0. The number of amides is 2. The van der Waals surface area contributed by atoms with Crippen LogP contribution in [0.2, 0.25) is 0 Å². The first kappa shape index (κ1) is 18.8. The van der Waals surface area contributed by atoms with Gasteiger partial charge in [0.25, 0.3) is 0 Å². The number of nitrogens with one attached hydrogen (secondary N) is 3. The largest absolute Gasteiger partial charge is 0.298 e. The second kappa shape index (κ2) is 9.07. The topological polar surface area (TPSA) is 70.2 Å². The number of fused-ring (bicyclic) bond motifs is 1. The average Bonchev–Trinajstić information content (AvgIpc) is 3.19. The van der Waals surface area contributed by atoms with Crippen LogP contribution in [-0.2, 0) is 16.0 Å². The maximum Gasteiger partial charge on any atom is 0.250 e. The lowest BCUT2D eigenvalue weighted by Crippen LogP contribution is -2.48. The van der Waals surface area contributed by atoms with E-state index in [9.17, 15) is 9.59 Å². The van der Waals surface area contributed by atoms with Crippen LogP contribution in [0.5, 0.6) is 0 Å². The molecule has 0 bridgehead atoms. The molecule has 2 aromatic carbocycles. The van der Waals surface area contributed by atoms with Gasteiger partial charge in [0.05, 0.1) is 6.42 Å². The van der Waals surface area contributed by atoms with Gasteiger partial charge in [-0.3, -0.25) is 25.8 Å². The van der Waals surface area contributed by atoms with Crippen molar-refractivity contribution in [3.05, 3.63) is 76.5 Å². The smallest absolute Gasteiger partial charge is 0.250 e. The molecule has 5 nitrogen and oxygen atoms in total. The molecule has 7 heteroatoms. The van der Waals surface area contributed by atoms with Crippen LogP contribution in [0.15, 0.2) is 66.1 Å². The second-order valence-corrected chi connectivity index (χ2v) is 7.04. The second-order valence-electron chi connectivity index (χ2n) is 5.66. The molecule has 3 rings (SSSR count). The summed E-state index contributed by atoms with van der Waals surface area (Å²) in [6, 6.07) is 17.5. The van der Waals surface area contributed by atoms with Gasteiger partial charge in [0.2, 0.25) is 11.8 Å². The van der Waals surface area contributed by atoms with Crippen molar-refractivity contribution in [1.29, 1.82) is 0 Å². The van der Waals surface area contributed by atoms with Gasteiger partial charge in [0, 0.05) is 11.0 Å². The maximum absolute atomic E-state index is 12.2. The monoisotopic (exact) mass is 395 g/mol. The van der Waals surface area contributed by atoms with E-state index in [2.05, 4.69) is 16.2 Å². The fraction of sp³-hybridized carbons (Fsp3) is 0.0500. The molecule has 0 saturated heterocycles. The summed E-state index contributed by atoms with van der Waals surface area (Å²) in [7, 11) is 0. The van der Waals surface area contributed by atoms with Crippen molar-refractivity contribution in [2.75, 3.05) is 0 Å². The predicted octanol–water partition coefficient (Wildman–Crippen LogP) is 3.18. The van der Waals surface area contributed by atoms with Crippen LogP contribution in [0.25, 0.3) is 16.8 Å². The third-order valence-electron chi connectivity index (χ3n) is 3.73. The van der Waals surface area contributed by atoms with E-state index in [1.165, 1.54) is 17.4 Å². The lowest BCUT2D eigenvalue weighted by Gasteiger charge is -2.11. The SMILES string of the molecule is O=C(C=Cc1cccs1)NC(=S)NNC(=O)Cc1cccc2ccccc12. The van der Waals surface area contributed by atoms with Gasteiger partial charge in [-0.2, -0.15) is 0 Å². The van der Waals surface area contributed by atoms with Gasteiger partial charge in [0.1, 0.15) is 0 Å². The number of hydrazine groups is 1. The molecule has 1 aromatic heterocycles. The van der Waals surface area contributed by atoms with E-state index in [1.807, 2.05) is 60.0 Å². The van der Waals surface area contributed by atoms with E-state index in [0.29, 0.717) is 0 Å². The van der Waals surface area contributed by atoms with Crippen LogP contribution in [0, 0.1) is 0 Å². The lowest BCUT2D eigenvalue weighted by molar-refractivity contribution is -0.121. The van der Waals surface area contributed by atoms with Gasteiger partial charge < -0.3 is 0 Å². The summed E-state index contributed by atoms with van der Waals surface area (Å²) >= 11 is 6.54. The summed E-state index contributed by atoms with van der Waals surface area (Å²) in [5.74, 6) is -0.624. The fourth-order valence-electron chi connectivity index (χ4n) is 2.52. The first-order chi connectivity index (χ1) is 13.1. The highest BCUT2D eigenvalue weighted by molar-refractivity contribution is 7.80. The van der Waals surface area contributed by atoms with Crippen LogP contribution in [0.3, 0.4) is 0 Å². The number of hydrogen-bond acceptors (Lipinski definition) is 4.